The number of allylic oxidation sites excluding steroid dienone is 1. The van der Waals surface area contributed by atoms with Crippen molar-refractivity contribution in [2.75, 3.05) is 5.32 Å². The minimum atomic E-state index is -0.470. The molecular weight excluding hydrogens is 345 g/mol. The number of nitrogens with zero attached hydrogens (tertiary/aromatic N) is 2. The quantitative estimate of drug-likeness (QED) is 0.735. The summed E-state index contributed by atoms with van der Waals surface area (Å²) < 4.78 is 15.2. The van der Waals surface area contributed by atoms with Crippen molar-refractivity contribution >= 4 is 28.4 Å². The Balaban J connectivity index is 1.61. The van der Waals surface area contributed by atoms with Crippen LogP contribution >= 0.6 is 0 Å². The molecule has 2 aromatic carbocycles. The number of ketones is 1. The molecule has 0 spiro atoms. The predicted molar refractivity (Wildman–Crippen MR) is 102 cm³/mol. The molecule has 5 nitrogen and oxygen atoms in total. The van der Waals surface area contributed by atoms with Crippen molar-refractivity contribution in [1.82, 2.24) is 9.47 Å². The summed E-state index contributed by atoms with van der Waals surface area (Å²) in [5.74, 6) is -0.429. The van der Waals surface area contributed by atoms with E-state index < -0.39 is 6.04 Å². The predicted octanol–water partition coefficient (Wildman–Crippen LogP) is 4.38. The number of halogens is 1. The molecule has 2 heterocycles. The number of rotatable bonds is 2. The van der Waals surface area contributed by atoms with Crippen LogP contribution in [0.3, 0.4) is 0 Å². The van der Waals surface area contributed by atoms with Gasteiger partial charge in [-0.2, -0.15) is 0 Å². The van der Waals surface area contributed by atoms with E-state index in [1.54, 1.807) is 12.1 Å². The number of aromatic nitrogens is 1. The van der Waals surface area contributed by atoms with Gasteiger partial charge in [-0.05, 0) is 47.4 Å². The number of nitrogens with one attached hydrogen (secondary N) is 1. The highest BCUT2D eigenvalue weighted by Crippen LogP contribution is 2.29. The van der Waals surface area contributed by atoms with Crippen LogP contribution < -0.4 is 5.32 Å². The Hall–Kier alpha value is -3.41. The van der Waals surface area contributed by atoms with Crippen molar-refractivity contribution in [3.63, 3.8) is 0 Å². The molecule has 6 heteroatoms. The summed E-state index contributed by atoms with van der Waals surface area (Å²) in [7, 11) is 1.94. The smallest absolute Gasteiger partial charge is 0.326 e. The minimum absolute atomic E-state index is 0.0707. The fraction of sp³-hybridized carbons (Fsp3) is 0.143. The maximum Gasteiger partial charge on any atom is 0.326 e. The number of carbonyl (C=O) groups is 2. The van der Waals surface area contributed by atoms with Crippen molar-refractivity contribution in [3.05, 3.63) is 78.4 Å². The Labute approximate surface area is 155 Å². The van der Waals surface area contributed by atoms with Crippen LogP contribution in [0.1, 0.15) is 18.0 Å². The lowest BCUT2D eigenvalue weighted by Crippen LogP contribution is -2.37. The van der Waals surface area contributed by atoms with Gasteiger partial charge in [-0.3, -0.25) is 9.69 Å². The van der Waals surface area contributed by atoms with Crippen molar-refractivity contribution in [2.45, 2.75) is 12.5 Å². The highest BCUT2D eigenvalue weighted by atomic mass is 19.1. The van der Waals surface area contributed by atoms with Crippen LogP contribution in [0.15, 0.2) is 67.0 Å². The van der Waals surface area contributed by atoms with Gasteiger partial charge in [0.25, 0.3) is 0 Å². The average molecular weight is 363 g/mol. The molecule has 1 aromatic heterocycles. The SMILES string of the molecule is Cn1ccc2ccc(NC(=O)N3C=CC(=O)C[C@H]3c3ccc(F)cc3)cc21. The maximum absolute atomic E-state index is 13.2. The van der Waals surface area contributed by atoms with Crippen molar-refractivity contribution in [2.24, 2.45) is 7.05 Å². The third-order valence-corrected chi connectivity index (χ3v) is 4.78. The number of benzene rings is 2. The monoisotopic (exact) mass is 363 g/mol. The van der Waals surface area contributed by atoms with Crippen molar-refractivity contribution in [3.8, 4) is 0 Å². The summed E-state index contributed by atoms with van der Waals surface area (Å²) in [6.07, 6.45) is 4.99. The molecule has 2 amide bonds. The molecular formula is C21H18FN3O2. The molecule has 136 valence electrons. The number of amides is 2. The first kappa shape index (κ1) is 17.0. The normalized spacial score (nSPS) is 16.7. The van der Waals surface area contributed by atoms with Gasteiger partial charge in [-0.15, -0.1) is 0 Å². The maximum atomic E-state index is 13.2. The van der Waals surface area contributed by atoms with E-state index in [0.717, 1.165) is 10.9 Å². The van der Waals surface area contributed by atoms with Crippen LogP contribution in [0.2, 0.25) is 0 Å². The highest BCUT2D eigenvalue weighted by molar-refractivity contribution is 5.97. The van der Waals surface area contributed by atoms with Crippen LogP contribution in [-0.2, 0) is 11.8 Å². The minimum Gasteiger partial charge on any atom is -0.350 e. The van der Waals surface area contributed by atoms with Crippen molar-refractivity contribution in [1.29, 1.82) is 0 Å². The Bertz CT molecular complexity index is 1050. The number of hydrogen-bond acceptors (Lipinski definition) is 2. The summed E-state index contributed by atoms with van der Waals surface area (Å²) in [5, 5.41) is 3.97. The third kappa shape index (κ3) is 3.33. The van der Waals surface area contributed by atoms with Crippen LogP contribution in [-0.4, -0.2) is 21.3 Å². The lowest BCUT2D eigenvalue weighted by atomic mass is 9.97. The second kappa shape index (κ2) is 6.72. The first-order valence-corrected chi connectivity index (χ1v) is 8.62. The molecule has 27 heavy (non-hydrogen) atoms. The largest absolute Gasteiger partial charge is 0.350 e. The van der Waals surface area contributed by atoms with Gasteiger partial charge in [0.05, 0.1) is 6.04 Å². The zero-order valence-electron chi connectivity index (χ0n) is 14.7. The number of aryl methyl sites for hydroxylation is 1. The number of anilines is 1. The topological polar surface area (TPSA) is 54.3 Å². The van der Waals surface area contributed by atoms with Gasteiger partial charge >= 0.3 is 6.03 Å². The summed E-state index contributed by atoms with van der Waals surface area (Å²) >= 11 is 0. The first-order valence-electron chi connectivity index (χ1n) is 8.62. The van der Waals surface area contributed by atoms with Gasteiger partial charge in [0.2, 0.25) is 0 Å². The van der Waals surface area contributed by atoms with Crippen molar-refractivity contribution < 1.29 is 14.0 Å². The lowest BCUT2D eigenvalue weighted by molar-refractivity contribution is -0.116. The van der Waals surface area contributed by atoms with Gasteiger partial charge in [0.15, 0.2) is 5.78 Å². The molecule has 0 aliphatic carbocycles. The van der Waals surface area contributed by atoms with Crippen LogP contribution in [0.4, 0.5) is 14.9 Å². The Morgan fingerprint density at radius 3 is 2.70 bits per heavy atom. The van der Waals surface area contributed by atoms with E-state index in [1.165, 1.54) is 29.3 Å². The summed E-state index contributed by atoms with van der Waals surface area (Å²) in [4.78, 5) is 26.2. The fourth-order valence-corrected chi connectivity index (χ4v) is 3.33. The lowest BCUT2D eigenvalue weighted by Gasteiger charge is -2.31. The molecule has 0 saturated heterocycles. The number of hydrogen-bond donors (Lipinski definition) is 1. The number of urea groups is 1. The fourth-order valence-electron chi connectivity index (χ4n) is 3.33. The first-order chi connectivity index (χ1) is 13.0. The highest BCUT2D eigenvalue weighted by Gasteiger charge is 2.28. The van der Waals surface area contributed by atoms with E-state index in [2.05, 4.69) is 5.32 Å². The van der Waals surface area contributed by atoms with Crippen LogP contribution in [0.5, 0.6) is 0 Å². The molecule has 0 unspecified atom stereocenters. The molecule has 4 rings (SSSR count). The van der Waals surface area contributed by atoms with E-state index in [4.69, 9.17) is 0 Å². The van der Waals surface area contributed by atoms with E-state index in [-0.39, 0.29) is 24.1 Å². The Morgan fingerprint density at radius 1 is 1.15 bits per heavy atom. The van der Waals surface area contributed by atoms with Gasteiger partial charge in [-0.1, -0.05) is 18.2 Å². The van der Waals surface area contributed by atoms with E-state index in [9.17, 15) is 14.0 Å². The molecule has 1 aliphatic rings. The second-order valence-electron chi connectivity index (χ2n) is 6.59. The van der Waals surface area contributed by atoms with Gasteiger partial charge < -0.3 is 9.88 Å². The van der Waals surface area contributed by atoms with Crippen LogP contribution in [0, 0.1) is 5.82 Å². The van der Waals surface area contributed by atoms with Gasteiger partial charge in [0, 0.05) is 37.1 Å². The number of carbonyl (C=O) groups excluding carboxylic acids is 2. The molecule has 1 atom stereocenters. The summed E-state index contributed by atoms with van der Waals surface area (Å²) in [5.41, 5.74) is 2.38. The number of fused-ring (bicyclic) bond motifs is 1. The molecule has 3 aromatic rings. The third-order valence-electron chi connectivity index (χ3n) is 4.78. The van der Waals surface area contributed by atoms with E-state index in [0.29, 0.717) is 11.3 Å². The van der Waals surface area contributed by atoms with Gasteiger partial charge in [-0.25, -0.2) is 9.18 Å². The Kier molecular flexibility index (Phi) is 4.24. The van der Waals surface area contributed by atoms with E-state index >= 15 is 0 Å². The average Bonchev–Trinajstić information content (AvgIpc) is 3.03. The molecule has 1 N–H and O–H groups in total. The summed E-state index contributed by atoms with van der Waals surface area (Å²) in [6.45, 7) is 0. The molecule has 0 saturated carbocycles. The van der Waals surface area contributed by atoms with Crippen LogP contribution in [0.25, 0.3) is 10.9 Å². The second-order valence-corrected chi connectivity index (χ2v) is 6.59. The molecule has 0 bridgehead atoms. The standard InChI is InChI=1S/C21H18FN3O2/c1-24-10-8-15-4-7-17(12-19(15)24)23-21(27)25-11-9-18(26)13-20(25)14-2-5-16(22)6-3-14/h2-12,20H,13H2,1H3,(H,23,27)/t20-/m0/s1. The Morgan fingerprint density at radius 2 is 1.93 bits per heavy atom. The van der Waals surface area contributed by atoms with E-state index in [1.807, 2.05) is 42.1 Å². The zero-order valence-corrected chi connectivity index (χ0v) is 14.7. The molecule has 0 fully saturated rings. The van der Waals surface area contributed by atoms with Gasteiger partial charge in [0.1, 0.15) is 5.82 Å². The zero-order chi connectivity index (χ0) is 19.0. The summed E-state index contributed by atoms with van der Waals surface area (Å²) in [6, 6.07) is 12.7. The molecule has 1 aliphatic heterocycles. The molecule has 0 radical (unpaired) electrons.